The average molecular weight is 468 g/mol. The van der Waals surface area contributed by atoms with E-state index in [-0.39, 0.29) is 29.4 Å². The van der Waals surface area contributed by atoms with E-state index in [1.165, 1.54) is 35.6 Å². The van der Waals surface area contributed by atoms with Crippen molar-refractivity contribution >= 4 is 44.4 Å². The third kappa shape index (κ3) is 4.67. The van der Waals surface area contributed by atoms with Crippen LogP contribution in [0, 0.1) is 5.82 Å². The third-order valence-corrected chi connectivity index (χ3v) is 6.24. The fraction of sp³-hybridized carbons (Fsp3) is 0.333. The summed E-state index contributed by atoms with van der Waals surface area (Å²) in [5.74, 6) is -0.0421. The Morgan fingerprint density at radius 1 is 1.29 bits per heavy atom. The monoisotopic (exact) mass is 467 g/mol. The Morgan fingerprint density at radius 3 is 2.52 bits per heavy atom. The molecule has 0 atom stereocenters. The highest BCUT2D eigenvalue weighted by molar-refractivity contribution is 7.92. The Morgan fingerprint density at radius 2 is 1.97 bits per heavy atom. The number of rotatable bonds is 8. The Kier molecular flexibility index (Phi) is 6.86. The van der Waals surface area contributed by atoms with Gasteiger partial charge in [-0.3, -0.25) is 9.10 Å². The average Bonchev–Trinajstić information content (AvgIpc) is 3.10. The van der Waals surface area contributed by atoms with Crippen LogP contribution < -0.4 is 9.62 Å². The number of amides is 1. The van der Waals surface area contributed by atoms with E-state index in [0.717, 1.165) is 6.26 Å². The molecule has 166 valence electrons. The van der Waals surface area contributed by atoms with Crippen LogP contribution in [0.2, 0.25) is 0 Å². The highest BCUT2D eigenvalue weighted by atomic mass is 35.5. The first kappa shape index (κ1) is 23.0. The summed E-state index contributed by atoms with van der Waals surface area (Å²) in [6, 6.07) is 7.26. The molecule has 2 heterocycles. The molecule has 0 saturated heterocycles. The second-order valence-corrected chi connectivity index (χ2v) is 9.23. The molecule has 1 amide bonds. The van der Waals surface area contributed by atoms with Crippen molar-refractivity contribution in [3.8, 4) is 11.3 Å². The Hall–Kier alpha value is -2.65. The molecule has 3 aromatic rings. The minimum absolute atomic E-state index is 0.115. The zero-order valence-electron chi connectivity index (χ0n) is 17.4. The summed E-state index contributed by atoms with van der Waals surface area (Å²) in [6.45, 7) is 2.04. The van der Waals surface area contributed by atoms with E-state index in [0.29, 0.717) is 35.2 Å². The molecule has 1 N–H and O–H groups in total. The second-order valence-electron chi connectivity index (χ2n) is 6.95. The molecule has 0 fully saturated rings. The number of hydrogen-bond acceptors (Lipinski definition) is 5. The van der Waals surface area contributed by atoms with Crippen molar-refractivity contribution in [1.82, 2.24) is 10.3 Å². The van der Waals surface area contributed by atoms with Crippen LogP contribution in [0.4, 0.5) is 10.2 Å². The van der Waals surface area contributed by atoms with E-state index in [1.54, 1.807) is 6.07 Å². The van der Waals surface area contributed by atoms with Crippen LogP contribution in [-0.4, -0.2) is 45.0 Å². The third-order valence-electron chi connectivity index (χ3n) is 4.81. The van der Waals surface area contributed by atoms with Crippen molar-refractivity contribution in [3.05, 3.63) is 47.3 Å². The van der Waals surface area contributed by atoms with Gasteiger partial charge in [-0.2, -0.15) is 4.98 Å². The zero-order chi connectivity index (χ0) is 22.8. The number of nitrogens with zero attached hydrogens (tertiary/aromatic N) is 2. The Bertz CT molecular complexity index is 1210. The fourth-order valence-corrected chi connectivity index (χ4v) is 4.37. The molecule has 3 rings (SSSR count). The van der Waals surface area contributed by atoms with Crippen LogP contribution >= 0.6 is 11.6 Å². The Balaban J connectivity index is 2.29. The van der Waals surface area contributed by atoms with Crippen LogP contribution in [0.1, 0.15) is 29.3 Å². The molecule has 0 radical (unpaired) electrons. The number of aryl methyl sites for hydroxylation is 1. The van der Waals surface area contributed by atoms with Crippen molar-refractivity contribution in [3.63, 3.8) is 0 Å². The summed E-state index contributed by atoms with van der Waals surface area (Å²) in [5.41, 5.74) is 1.51. The number of halogens is 2. The molecule has 31 heavy (non-hydrogen) atoms. The number of anilines is 1. The summed E-state index contributed by atoms with van der Waals surface area (Å²) in [5, 5.41) is 3.04. The first-order valence-electron chi connectivity index (χ1n) is 9.69. The number of pyridine rings is 1. The number of sulfonamides is 1. The number of carbonyl (C=O) groups is 1. The molecule has 0 aliphatic rings. The van der Waals surface area contributed by atoms with Crippen LogP contribution in [0.15, 0.2) is 34.7 Å². The summed E-state index contributed by atoms with van der Waals surface area (Å²) in [4.78, 5) is 17.2. The highest BCUT2D eigenvalue weighted by Crippen LogP contribution is 2.36. The van der Waals surface area contributed by atoms with Crippen molar-refractivity contribution in [1.29, 1.82) is 0 Å². The van der Waals surface area contributed by atoms with Gasteiger partial charge in [-0.1, -0.05) is 6.92 Å². The fourth-order valence-electron chi connectivity index (χ4n) is 3.32. The standard InChI is InChI=1S/C21H23ClFN3O4S/c1-4-13-12-16-17(20(27)24-2)18(14-6-8-15(23)9-7-14)30-21(16)25-19(13)26(11-5-10-22)31(3,28)29/h6-9,12H,4-5,10-11H2,1-3H3,(H,24,27). The maximum absolute atomic E-state index is 13.4. The molecule has 0 saturated carbocycles. The normalized spacial score (nSPS) is 11.6. The molecule has 10 heteroatoms. The van der Waals surface area contributed by atoms with Gasteiger partial charge in [-0.25, -0.2) is 12.8 Å². The second kappa shape index (κ2) is 9.23. The molecule has 0 bridgehead atoms. The number of aromatic nitrogens is 1. The van der Waals surface area contributed by atoms with Gasteiger partial charge in [0.2, 0.25) is 15.7 Å². The van der Waals surface area contributed by atoms with Crippen LogP contribution in [0.5, 0.6) is 0 Å². The van der Waals surface area contributed by atoms with Gasteiger partial charge in [0.1, 0.15) is 17.4 Å². The highest BCUT2D eigenvalue weighted by Gasteiger charge is 2.27. The lowest BCUT2D eigenvalue weighted by Crippen LogP contribution is -2.32. The predicted molar refractivity (Wildman–Crippen MR) is 120 cm³/mol. The number of carbonyl (C=O) groups excluding carboxylic acids is 1. The minimum atomic E-state index is -3.62. The maximum Gasteiger partial charge on any atom is 0.255 e. The molecule has 1 aromatic carbocycles. The largest absolute Gasteiger partial charge is 0.437 e. The maximum atomic E-state index is 13.4. The molecule has 0 unspecified atom stereocenters. The van der Waals surface area contributed by atoms with Gasteiger partial charge in [-0.15, -0.1) is 11.6 Å². The molecule has 0 aliphatic heterocycles. The molecule has 0 aliphatic carbocycles. The van der Waals surface area contributed by atoms with Crippen LogP contribution in [0.25, 0.3) is 22.4 Å². The number of fused-ring (bicyclic) bond motifs is 1. The molecule has 0 spiro atoms. The summed E-state index contributed by atoms with van der Waals surface area (Å²) < 4.78 is 45.4. The van der Waals surface area contributed by atoms with Crippen molar-refractivity contribution in [2.45, 2.75) is 19.8 Å². The smallest absolute Gasteiger partial charge is 0.255 e. The quantitative estimate of drug-likeness (QED) is 0.506. The first-order chi connectivity index (χ1) is 14.7. The molecule has 2 aromatic heterocycles. The first-order valence-corrected chi connectivity index (χ1v) is 12.1. The lowest BCUT2D eigenvalue weighted by atomic mass is 10.0. The van der Waals surface area contributed by atoms with Gasteiger partial charge in [0.15, 0.2) is 0 Å². The number of furan rings is 1. The van der Waals surface area contributed by atoms with E-state index in [2.05, 4.69) is 10.3 Å². The SMILES string of the molecule is CCc1cc2c(C(=O)NC)c(-c3ccc(F)cc3)oc2nc1N(CCCCl)S(C)(=O)=O. The van der Waals surface area contributed by atoms with Gasteiger partial charge in [-0.05, 0) is 48.7 Å². The Labute approximate surface area is 185 Å². The summed E-state index contributed by atoms with van der Waals surface area (Å²) in [7, 11) is -2.13. The van der Waals surface area contributed by atoms with E-state index in [9.17, 15) is 17.6 Å². The van der Waals surface area contributed by atoms with E-state index < -0.39 is 21.7 Å². The van der Waals surface area contributed by atoms with E-state index in [4.69, 9.17) is 16.0 Å². The zero-order valence-corrected chi connectivity index (χ0v) is 19.0. The van der Waals surface area contributed by atoms with Crippen LogP contribution in [-0.2, 0) is 16.4 Å². The van der Waals surface area contributed by atoms with E-state index in [1.807, 2.05) is 6.92 Å². The lowest BCUT2D eigenvalue weighted by Gasteiger charge is -2.23. The van der Waals surface area contributed by atoms with Gasteiger partial charge < -0.3 is 9.73 Å². The van der Waals surface area contributed by atoms with Crippen molar-refractivity contribution in [2.24, 2.45) is 0 Å². The number of alkyl halides is 1. The number of nitrogens with one attached hydrogen (secondary N) is 1. The van der Waals surface area contributed by atoms with Gasteiger partial charge in [0.05, 0.1) is 17.2 Å². The summed E-state index contributed by atoms with van der Waals surface area (Å²) in [6.07, 6.45) is 2.03. The molecular formula is C21H23ClFN3O4S. The molecular weight excluding hydrogens is 445 g/mol. The van der Waals surface area contributed by atoms with Gasteiger partial charge in [0.25, 0.3) is 5.91 Å². The predicted octanol–water partition coefficient (Wildman–Crippen LogP) is 3.95. The van der Waals surface area contributed by atoms with Gasteiger partial charge >= 0.3 is 0 Å². The van der Waals surface area contributed by atoms with Crippen molar-refractivity contribution < 1.29 is 22.0 Å². The number of hydrogen-bond donors (Lipinski definition) is 1. The topological polar surface area (TPSA) is 92.5 Å². The van der Waals surface area contributed by atoms with Crippen LogP contribution in [0.3, 0.4) is 0 Å². The molecule has 7 nitrogen and oxygen atoms in total. The minimum Gasteiger partial charge on any atom is -0.437 e. The lowest BCUT2D eigenvalue weighted by molar-refractivity contribution is 0.0964. The van der Waals surface area contributed by atoms with Crippen molar-refractivity contribution in [2.75, 3.05) is 30.0 Å². The summed E-state index contributed by atoms with van der Waals surface area (Å²) >= 11 is 5.77. The number of benzene rings is 1. The van der Waals surface area contributed by atoms with E-state index >= 15 is 0 Å². The van der Waals surface area contributed by atoms with Gasteiger partial charge in [0, 0.05) is 25.0 Å².